The summed E-state index contributed by atoms with van der Waals surface area (Å²) in [6, 6.07) is 7.23. The van der Waals surface area contributed by atoms with Crippen LogP contribution in [0.1, 0.15) is 39.2 Å². The van der Waals surface area contributed by atoms with Crippen molar-refractivity contribution in [3.63, 3.8) is 0 Å². The topological polar surface area (TPSA) is 80.7 Å². The molecule has 150 valence electrons. The average molecular weight is 398 g/mol. The summed E-state index contributed by atoms with van der Waals surface area (Å²) in [7, 11) is -3.67. The number of hydrogen-bond donors (Lipinski definition) is 1. The zero-order valence-corrected chi connectivity index (χ0v) is 16.0. The van der Waals surface area contributed by atoms with Crippen LogP contribution in [0.2, 0.25) is 0 Å². The van der Waals surface area contributed by atoms with Gasteiger partial charge in [-0.1, -0.05) is 44.2 Å². The molecule has 9 heteroatoms. The van der Waals surface area contributed by atoms with Gasteiger partial charge in [0.1, 0.15) is 0 Å². The fourth-order valence-electron chi connectivity index (χ4n) is 2.10. The van der Waals surface area contributed by atoms with E-state index < -0.39 is 40.0 Å². The van der Waals surface area contributed by atoms with E-state index in [4.69, 9.17) is 9.29 Å². The largest absolute Gasteiger partial charge is 0.465 e. The fourth-order valence-corrected chi connectivity index (χ4v) is 2.10. The molecular weight excluding hydrogens is 373 g/mol. The molecule has 1 aromatic carbocycles. The minimum Gasteiger partial charge on any atom is -0.465 e. The Morgan fingerprint density at radius 3 is 2.08 bits per heavy atom. The predicted molar refractivity (Wildman–Crippen MR) is 92.4 cm³/mol. The van der Waals surface area contributed by atoms with Crippen LogP contribution in [0.25, 0.3) is 0 Å². The summed E-state index contributed by atoms with van der Waals surface area (Å²) < 4.78 is 73.4. The van der Waals surface area contributed by atoms with Gasteiger partial charge in [0.15, 0.2) is 5.67 Å². The summed E-state index contributed by atoms with van der Waals surface area (Å²) in [5.41, 5.74) is -3.04. The van der Waals surface area contributed by atoms with E-state index in [9.17, 15) is 22.0 Å². The Labute approximate surface area is 152 Å². The maximum atomic E-state index is 15.0. The van der Waals surface area contributed by atoms with Gasteiger partial charge in [0.05, 0.1) is 18.8 Å². The van der Waals surface area contributed by atoms with E-state index in [1.807, 2.05) is 6.92 Å². The third-order valence-electron chi connectivity index (χ3n) is 3.37. The SMILES string of the molecule is CCCOC(=O)C(C)CC(F)(c1ccccc1)C(C)(F)F.CS(=O)(=O)O. The fraction of sp³-hybridized carbons (Fsp3) is 0.588. The highest BCUT2D eigenvalue weighted by Gasteiger charge is 2.53. The Hall–Kier alpha value is -1.61. The van der Waals surface area contributed by atoms with Crippen molar-refractivity contribution in [2.75, 3.05) is 12.9 Å². The van der Waals surface area contributed by atoms with Gasteiger partial charge in [-0.3, -0.25) is 9.35 Å². The Bertz CT molecular complexity index is 651. The molecule has 2 unspecified atom stereocenters. The van der Waals surface area contributed by atoms with Gasteiger partial charge in [0.25, 0.3) is 16.0 Å². The minimum absolute atomic E-state index is 0.132. The van der Waals surface area contributed by atoms with Gasteiger partial charge < -0.3 is 4.74 Å². The van der Waals surface area contributed by atoms with Crippen molar-refractivity contribution >= 4 is 16.1 Å². The highest BCUT2D eigenvalue weighted by molar-refractivity contribution is 7.85. The normalized spacial score (nSPS) is 15.2. The quantitative estimate of drug-likeness (QED) is 0.555. The van der Waals surface area contributed by atoms with Gasteiger partial charge in [-0.05, 0) is 12.0 Å². The number of ether oxygens (including phenoxy) is 1. The summed E-state index contributed by atoms with van der Waals surface area (Å²) >= 11 is 0. The summed E-state index contributed by atoms with van der Waals surface area (Å²) in [5, 5.41) is 0. The molecule has 0 aliphatic heterocycles. The van der Waals surface area contributed by atoms with Crippen molar-refractivity contribution in [1.29, 1.82) is 0 Å². The molecule has 5 nitrogen and oxygen atoms in total. The van der Waals surface area contributed by atoms with Crippen molar-refractivity contribution in [3.8, 4) is 0 Å². The standard InChI is InChI=1S/C16H21F3O2.CH4O3S/c1-4-10-21-14(20)12(2)11-16(19,15(3,17)18)13-8-6-5-7-9-13;1-5(2,3)4/h5-9,12H,4,10-11H2,1-3H3;1H3,(H,2,3,4). The molecule has 2 atom stereocenters. The maximum absolute atomic E-state index is 15.0. The minimum atomic E-state index is -3.67. The molecule has 0 spiro atoms. The smallest absolute Gasteiger partial charge is 0.308 e. The van der Waals surface area contributed by atoms with E-state index in [1.54, 1.807) is 6.07 Å². The van der Waals surface area contributed by atoms with E-state index in [0.29, 0.717) is 19.6 Å². The molecule has 0 aliphatic carbocycles. The number of alkyl halides is 3. The first-order valence-electron chi connectivity index (χ1n) is 7.93. The third kappa shape index (κ3) is 8.66. The molecule has 0 saturated carbocycles. The van der Waals surface area contributed by atoms with Gasteiger partial charge >= 0.3 is 5.97 Å². The van der Waals surface area contributed by atoms with Gasteiger partial charge in [0.2, 0.25) is 0 Å². The molecule has 0 heterocycles. The van der Waals surface area contributed by atoms with Crippen LogP contribution in [-0.2, 0) is 25.3 Å². The molecule has 0 radical (unpaired) electrons. The second-order valence-corrected chi connectivity index (χ2v) is 7.53. The van der Waals surface area contributed by atoms with E-state index in [0.717, 1.165) is 0 Å². The first kappa shape index (κ1) is 24.4. The molecule has 0 aliphatic rings. The van der Waals surface area contributed by atoms with Crippen molar-refractivity contribution in [2.45, 2.75) is 45.2 Å². The highest BCUT2D eigenvalue weighted by Crippen LogP contribution is 2.45. The lowest BCUT2D eigenvalue weighted by atomic mass is 9.82. The number of carbonyl (C=O) groups is 1. The lowest BCUT2D eigenvalue weighted by Crippen LogP contribution is -2.41. The number of halogens is 3. The van der Waals surface area contributed by atoms with Crippen LogP contribution in [0.4, 0.5) is 13.2 Å². The highest BCUT2D eigenvalue weighted by atomic mass is 32.2. The van der Waals surface area contributed by atoms with Gasteiger partial charge in [-0.25, -0.2) is 13.2 Å². The lowest BCUT2D eigenvalue weighted by molar-refractivity contribution is -0.160. The maximum Gasteiger partial charge on any atom is 0.308 e. The van der Waals surface area contributed by atoms with Gasteiger partial charge in [0, 0.05) is 13.3 Å². The second-order valence-electron chi connectivity index (χ2n) is 6.06. The van der Waals surface area contributed by atoms with E-state index in [-0.39, 0.29) is 12.2 Å². The van der Waals surface area contributed by atoms with Crippen LogP contribution >= 0.6 is 0 Å². The zero-order chi connectivity index (χ0) is 20.6. The summed E-state index contributed by atoms with van der Waals surface area (Å²) in [5.74, 6) is -5.21. The third-order valence-corrected chi connectivity index (χ3v) is 3.37. The Morgan fingerprint density at radius 1 is 1.23 bits per heavy atom. The van der Waals surface area contributed by atoms with Crippen LogP contribution in [0, 0.1) is 5.92 Å². The van der Waals surface area contributed by atoms with Gasteiger partial charge in [-0.2, -0.15) is 8.42 Å². The molecule has 0 saturated heterocycles. The molecule has 26 heavy (non-hydrogen) atoms. The monoisotopic (exact) mass is 398 g/mol. The van der Waals surface area contributed by atoms with Crippen molar-refractivity contribution < 1.29 is 35.7 Å². The van der Waals surface area contributed by atoms with Crippen LogP contribution < -0.4 is 0 Å². The molecule has 0 aromatic heterocycles. The number of esters is 1. The number of carbonyl (C=O) groups excluding carboxylic acids is 1. The number of benzene rings is 1. The number of hydrogen-bond acceptors (Lipinski definition) is 4. The molecule has 1 aromatic rings. The van der Waals surface area contributed by atoms with Crippen LogP contribution in [0.5, 0.6) is 0 Å². The predicted octanol–water partition coefficient (Wildman–Crippen LogP) is 3.99. The molecule has 0 fully saturated rings. The number of rotatable bonds is 7. The first-order chi connectivity index (χ1) is 11.7. The van der Waals surface area contributed by atoms with Crippen LogP contribution in [-0.4, -0.2) is 37.7 Å². The molecule has 0 bridgehead atoms. The Kier molecular flexibility index (Phi) is 9.30. The summed E-state index contributed by atoms with van der Waals surface area (Å²) in [6.45, 7) is 3.96. The van der Waals surface area contributed by atoms with Crippen LogP contribution in [0.15, 0.2) is 30.3 Å². The zero-order valence-electron chi connectivity index (χ0n) is 15.2. The van der Waals surface area contributed by atoms with Crippen LogP contribution in [0.3, 0.4) is 0 Å². The van der Waals surface area contributed by atoms with Crippen molar-refractivity contribution in [1.82, 2.24) is 0 Å². The van der Waals surface area contributed by atoms with Crippen molar-refractivity contribution in [2.24, 2.45) is 5.92 Å². The first-order valence-corrected chi connectivity index (χ1v) is 9.78. The second kappa shape index (κ2) is 9.91. The van der Waals surface area contributed by atoms with Gasteiger partial charge in [-0.15, -0.1) is 0 Å². The summed E-state index contributed by atoms with van der Waals surface area (Å²) in [6.07, 6.45) is 0.720. The average Bonchev–Trinajstić information content (AvgIpc) is 2.50. The Morgan fingerprint density at radius 2 is 1.69 bits per heavy atom. The lowest BCUT2D eigenvalue weighted by Gasteiger charge is -2.33. The van der Waals surface area contributed by atoms with E-state index in [1.165, 1.54) is 31.2 Å². The molecule has 1 rings (SSSR count). The van der Waals surface area contributed by atoms with Crippen molar-refractivity contribution in [3.05, 3.63) is 35.9 Å². The summed E-state index contributed by atoms with van der Waals surface area (Å²) in [4.78, 5) is 11.7. The molecule has 1 N–H and O–H groups in total. The molecule has 0 amide bonds. The molecular formula is C17H25F3O5S. The Balaban J connectivity index is 0.00000110. The van der Waals surface area contributed by atoms with E-state index in [2.05, 4.69) is 0 Å². The van der Waals surface area contributed by atoms with E-state index >= 15 is 4.39 Å².